The molecule has 110 valence electrons. The minimum atomic E-state index is -1.02. The van der Waals surface area contributed by atoms with E-state index in [9.17, 15) is 9.59 Å². The number of nitrogens with zero attached hydrogens (tertiary/aromatic N) is 1. The van der Waals surface area contributed by atoms with Gasteiger partial charge in [-0.25, -0.2) is 0 Å². The number of hydrogen-bond acceptors (Lipinski definition) is 3. The Kier molecular flexibility index (Phi) is 6.73. The number of benzene rings is 1. The van der Waals surface area contributed by atoms with Crippen LogP contribution in [0.3, 0.4) is 0 Å². The highest BCUT2D eigenvalue weighted by Gasteiger charge is 2.12. The number of hydrogen-bond donors (Lipinski definition) is 2. The van der Waals surface area contributed by atoms with Crippen LogP contribution in [-0.4, -0.2) is 41.0 Å². The number of carboxylic acid groups (broad SMARTS) is 1. The zero-order valence-corrected chi connectivity index (χ0v) is 12.0. The molecule has 0 aliphatic rings. The van der Waals surface area contributed by atoms with E-state index >= 15 is 0 Å². The van der Waals surface area contributed by atoms with Crippen LogP contribution in [0.1, 0.15) is 25.8 Å². The fourth-order valence-corrected chi connectivity index (χ4v) is 1.85. The Morgan fingerprint density at radius 3 is 2.45 bits per heavy atom. The van der Waals surface area contributed by atoms with Crippen molar-refractivity contribution < 1.29 is 14.7 Å². The van der Waals surface area contributed by atoms with Crippen LogP contribution in [0, 0.1) is 0 Å². The smallest absolute Gasteiger partial charge is 0.322 e. The van der Waals surface area contributed by atoms with Gasteiger partial charge in [0.05, 0.1) is 0 Å². The minimum Gasteiger partial charge on any atom is -0.480 e. The predicted octanol–water partition coefficient (Wildman–Crippen LogP) is 1.49. The van der Waals surface area contributed by atoms with Crippen molar-refractivity contribution in [3.05, 3.63) is 35.9 Å². The van der Waals surface area contributed by atoms with Crippen LogP contribution in [0.4, 0.5) is 0 Å². The summed E-state index contributed by atoms with van der Waals surface area (Å²) >= 11 is 0. The lowest BCUT2D eigenvalue weighted by atomic mass is 10.2. The highest BCUT2D eigenvalue weighted by atomic mass is 16.4. The molecule has 0 fully saturated rings. The quantitative estimate of drug-likeness (QED) is 0.756. The molecule has 0 saturated carbocycles. The lowest BCUT2D eigenvalue weighted by Gasteiger charge is -2.26. The molecule has 0 bridgehead atoms. The molecular weight excluding hydrogens is 256 g/mol. The summed E-state index contributed by atoms with van der Waals surface area (Å²) in [5, 5.41) is 10.9. The van der Waals surface area contributed by atoms with Gasteiger partial charge in [0.1, 0.15) is 6.54 Å². The first-order chi connectivity index (χ1) is 9.49. The summed E-state index contributed by atoms with van der Waals surface area (Å²) in [6.07, 6.45) is 0.304. The molecule has 1 aromatic rings. The Bertz CT molecular complexity index is 432. The lowest BCUT2D eigenvalue weighted by Crippen LogP contribution is -2.36. The van der Waals surface area contributed by atoms with Gasteiger partial charge in [-0.2, -0.15) is 0 Å². The second kappa shape index (κ2) is 8.32. The molecule has 0 atom stereocenters. The van der Waals surface area contributed by atoms with Crippen LogP contribution in [-0.2, 0) is 16.1 Å². The normalized spacial score (nSPS) is 10.8. The first-order valence-corrected chi connectivity index (χ1v) is 6.75. The van der Waals surface area contributed by atoms with Gasteiger partial charge in [-0.05, 0) is 19.4 Å². The number of carbonyl (C=O) groups excluding carboxylic acids is 1. The Labute approximate surface area is 119 Å². The highest BCUT2D eigenvalue weighted by Crippen LogP contribution is 2.08. The first-order valence-electron chi connectivity index (χ1n) is 6.75. The van der Waals surface area contributed by atoms with Gasteiger partial charge in [0.2, 0.25) is 5.91 Å². The number of carbonyl (C=O) groups is 2. The standard InChI is InChI=1S/C15H22N2O3/c1-12(2)17(11-13-6-4-3-5-7-13)9-8-14(18)16-10-15(19)20/h3-7,12H,8-11H2,1-2H3,(H,16,18)(H,19,20). The Morgan fingerprint density at radius 2 is 1.90 bits per heavy atom. The summed E-state index contributed by atoms with van der Waals surface area (Å²) in [4.78, 5) is 24.1. The summed E-state index contributed by atoms with van der Waals surface area (Å²) in [7, 11) is 0. The third-order valence-corrected chi connectivity index (χ3v) is 3.02. The Hall–Kier alpha value is -1.88. The number of carboxylic acids is 1. The maximum atomic E-state index is 11.5. The summed E-state index contributed by atoms with van der Waals surface area (Å²) < 4.78 is 0. The van der Waals surface area contributed by atoms with Crippen molar-refractivity contribution in [2.75, 3.05) is 13.1 Å². The molecule has 0 spiro atoms. The van der Waals surface area contributed by atoms with Crippen LogP contribution in [0.25, 0.3) is 0 Å². The van der Waals surface area contributed by atoms with Crippen molar-refractivity contribution in [3.8, 4) is 0 Å². The van der Waals surface area contributed by atoms with E-state index in [-0.39, 0.29) is 12.5 Å². The predicted molar refractivity (Wildman–Crippen MR) is 77.3 cm³/mol. The monoisotopic (exact) mass is 278 g/mol. The zero-order chi connectivity index (χ0) is 15.0. The largest absolute Gasteiger partial charge is 0.480 e. The number of aliphatic carboxylic acids is 1. The fraction of sp³-hybridized carbons (Fsp3) is 0.467. The van der Waals surface area contributed by atoms with Crippen LogP contribution < -0.4 is 5.32 Å². The van der Waals surface area contributed by atoms with Crippen molar-refractivity contribution >= 4 is 11.9 Å². The van der Waals surface area contributed by atoms with E-state index in [1.165, 1.54) is 5.56 Å². The van der Waals surface area contributed by atoms with Crippen molar-refractivity contribution in [1.82, 2.24) is 10.2 Å². The SMILES string of the molecule is CC(C)N(CCC(=O)NCC(=O)O)Cc1ccccc1. The molecule has 0 aliphatic heterocycles. The van der Waals surface area contributed by atoms with E-state index in [1.807, 2.05) is 18.2 Å². The van der Waals surface area contributed by atoms with Gasteiger partial charge >= 0.3 is 5.97 Å². The molecule has 0 unspecified atom stereocenters. The van der Waals surface area contributed by atoms with Crippen molar-refractivity contribution in [2.24, 2.45) is 0 Å². The number of rotatable bonds is 8. The summed E-state index contributed by atoms with van der Waals surface area (Å²) in [5.41, 5.74) is 1.20. The summed E-state index contributed by atoms with van der Waals surface area (Å²) in [6, 6.07) is 10.4. The van der Waals surface area contributed by atoms with Gasteiger partial charge in [0, 0.05) is 25.6 Å². The van der Waals surface area contributed by atoms with Crippen molar-refractivity contribution in [2.45, 2.75) is 32.9 Å². The van der Waals surface area contributed by atoms with Gasteiger partial charge < -0.3 is 10.4 Å². The maximum absolute atomic E-state index is 11.5. The molecular formula is C15H22N2O3. The minimum absolute atomic E-state index is 0.230. The van der Waals surface area contributed by atoms with Crippen molar-refractivity contribution in [1.29, 1.82) is 0 Å². The van der Waals surface area contributed by atoms with Crippen LogP contribution in [0.2, 0.25) is 0 Å². The molecule has 1 amide bonds. The van der Waals surface area contributed by atoms with Gasteiger partial charge in [0.25, 0.3) is 0 Å². The van der Waals surface area contributed by atoms with E-state index in [2.05, 4.69) is 36.2 Å². The molecule has 20 heavy (non-hydrogen) atoms. The average molecular weight is 278 g/mol. The molecule has 5 nitrogen and oxygen atoms in total. The summed E-state index contributed by atoms with van der Waals surface area (Å²) in [5.74, 6) is -1.26. The fourth-order valence-electron chi connectivity index (χ4n) is 1.85. The van der Waals surface area contributed by atoms with E-state index in [0.717, 1.165) is 6.54 Å². The van der Waals surface area contributed by atoms with E-state index in [0.29, 0.717) is 19.0 Å². The topological polar surface area (TPSA) is 69.6 Å². The molecule has 0 heterocycles. The Morgan fingerprint density at radius 1 is 1.25 bits per heavy atom. The highest BCUT2D eigenvalue weighted by molar-refractivity contribution is 5.81. The average Bonchev–Trinajstić information content (AvgIpc) is 2.42. The Balaban J connectivity index is 2.43. The molecule has 0 radical (unpaired) electrons. The second-order valence-corrected chi connectivity index (χ2v) is 4.97. The van der Waals surface area contributed by atoms with E-state index in [1.54, 1.807) is 0 Å². The zero-order valence-electron chi connectivity index (χ0n) is 12.0. The summed E-state index contributed by atoms with van der Waals surface area (Å²) in [6.45, 7) is 5.23. The molecule has 1 aromatic carbocycles. The third kappa shape index (κ3) is 6.33. The molecule has 0 aromatic heterocycles. The van der Waals surface area contributed by atoms with Crippen LogP contribution in [0.15, 0.2) is 30.3 Å². The lowest BCUT2D eigenvalue weighted by molar-refractivity contribution is -0.138. The van der Waals surface area contributed by atoms with Gasteiger partial charge in [-0.3, -0.25) is 14.5 Å². The second-order valence-electron chi connectivity index (χ2n) is 4.97. The number of nitrogens with one attached hydrogen (secondary N) is 1. The van der Waals surface area contributed by atoms with E-state index < -0.39 is 5.97 Å². The van der Waals surface area contributed by atoms with Crippen LogP contribution >= 0.6 is 0 Å². The molecule has 1 rings (SSSR count). The third-order valence-electron chi connectivity index (χ3n) is 3.02. The molecule has 2 N–H and O–H groups in total. The van der Waals surface area contributed by atoms with E-state index in [4.69, 9.17) is 5.11 Å². The molecule has 0 saturated heterocycles. The van der Waals surface area contributed by atoms with Gasteiger partial charge in [0.15, 0.2) is 0 Å². The molecule has 0 aliphatic carbocycles. The van der Waals surface area contributed by atoms with Gasteiger partial charge in [-0.1, -0.05) is 30.3 Å². The first kappa shape index (κ1) is 16.2. The van der Waals surface area contributed by atoms with Gasteiger partial charge in [-0.15, -0.1) is 0 Å². The number of amides is 1. The van der Waals surface area contributed by atoms with Crippen LogP contribution in [0.5, 0.6) is 0 Å². The van der Waals surface area contributed by atoms with Crippen molar-refractivity contribution in [3.63, 3.8) is 0 Å². The molecule has 5 heteroatoms. The maximum Gasteiger partial charge on any atom is 0.322 e.